The van der Waals surface area contributed by atoms with Gasteiger partial charge in [-0.15, -0.1) is 0 Å². The minimum Gasteiger partial charge on any atom is -0.504 e. The SMILES string of the molecule is CNC[C@H](O)c1ccc(O)c(O)c1.O. The van der Waals surface area contributed by atoms with E-state index in [4.69, 9.17) is 10.2 Å². The van der Waals surface area contributed by atoms with Crippen LogP contribution in [-0.4, -0.2) is 34.4 Å². The smallest absolute Gasteiger partial charge is 0.157 e. The first-order chi connectivity index (χ1) is 6.15. The Morgan fingerprint density at radius 1 is 1.29 bits per heavy atom. The molecule has 0 aliphatic carbocycles. The van der Waals surface area contributed by atoms with Gasteiger partial charge in [-0.05, 0) is 24.7 Å². The lowest BCUT2D eigenvalue weighted by Gasteiger charge is -2.10. The van der Waals surface area contributed by atoms with Crippen molar-refractivity contribution in [1.82, 2.24) is 5.32 Å². The van der Waals surface area contributed by atoms with E-state index in [0.29, 0.717) is 12.1 Å². The molecule has 1 rings (SSSR count). The number of benzene rings is 1. The second-order valence-electron chi connectivity index (χ2n) is 2.82. The van der Waals surface area contributed by atoms with Gasteiger partial charge in [0.15, 0.2) is 11.5 Å². The van der Waals surface area contributed by atoms with Crippen LogP contribution in [0, 0.1) is 0 Å². The standard InChI is InChI=1S/C9H13NO3.H2O/c1-10-5-9(13)6-2-3-7(11)8(12)4-6;/h2-4,9-13H,5H2,1H3;1H2/t9-;/m0./s1. The van der Waals surface area contributed by atoms with Gasteiger partial charge in [0.1, 0.15) is 0 Å². The maximum absolute atomic E-state index is 9.48. The van der Waals surface area contributed by atoms with Crippen LogP contribution in [-0.2, 0) is 0 Å². The zero-order valence-electron chi connectivity index (χ0n) is 7.86. The highest BCUT2D eigenvalue weighted by Crippen LogP contribution is 2.27. The number of nitrogens with one attached hydrogen (secondary N) is 1. The molecule has 80 valence electrons. The first-order valence-corrected chi connectivity index (χ1v) is 3.99. The Balaban J connectivity index is 0.00000169. The van der Waals surface area contributed by atoms with E-state index in [0.717, 1.165) is 0 Å². The van der Waals surface area contributed by atoms with Crippen LogP contribution in [0.1, 0.15) is 11.7 Å². The lowest BCUT2D eigenvalue weighted by Crippen LogP contribution is -2.16. The molecule has 0 saturated heterocycles. The Morgan fingerprint density at radius 2 is 1.93 bits per heavy atom. The van der Waals surface area contributed by atoms with E-state index in [2.05, 4.69) is 5.32 Å². The topological polar surface area (TPSA) is 104 Å². The molecule has 0 saturated carbocycles. The van der Waals surface area contributed by atoms with Gasteiger partial charge in [-0.2, -0.15) is 0 Å². The third-order valence-corrected chi connectivity index (χ3v) is 1.78. The summed E-state index contributed by atoms with van der Waals surface area (Å²) < 4.78 is 0. The molecule has 1 atom stereocenters. The third kappa shape index (κ3) is 2.88. The predicted octanol–water partition coefficient (Wildman–Crippen LogP) is -0.474. The van der Waals surface area contributed by atoms with Gasteiger partial charge in [0.25, 0.3) is 0 Å². The van der Waals surface area contributed by atoms with E-state index >= 15 is 0 Å². The maximum atomic E-state index is 9.48. The lowest BCUT2D eigenvalue weighted by molar-refractivity contribution is 0.177. The summed E-state index contributed by atoms with van der Waals surface area (Å²) in [6.07, 6.45) is -0.670. The second-order valence-corrected chi connectivity index (χ2v) is 2.82. The molecule has 1 aromatic rings. The molecule has 5 nitrogen and oxygen atoms in total. The number of aromatic hydroxyl groups is 2. The third-order valence-electron chi connectivity index (χ3n) is 1.78. The summed E-state index contributed by atoms with van der Waals surface area (Å²) in [5.74, 6) is -0.395. The number of hydrogen-bond acceptors (Lipinski definition) is 4. The summed E-state index contributed by atoms with van der Waals surface area (Å²) in [6.45, 7) is 0.407. The largest absolute Gasteiger partial charge is 0.504 e. The van der Waals surface area contributed by atoms with Crippen molar-refractivity contribution in [2.45, 2.75) is 6.10 Å². The molecule has 0 aliphatic rings. The van der Waals surface area contributed by atoms with Crippen molar-refractivity contribution in [3.05, 3.63) is 23.8 Å². The zero-order chi connectivity index (χ0) is 9.84. The van der Waals surface area contributed by atoms with Crippen LogP contribution in [0.15, 0.2) is 18.2 Å². The molecule has 0 aliphatic heterocycles. The van der Waals surface area contributed by atoms with Crippen LogP contribution in [0.2, 0.25) is 0 Å². The molecule has 0 bridgehead atoms. The highest BCUT2D eigenvalue weighted by molar-refractivity contribution is 5.41. The van der Waals surface area contributed by atoms with Crippen LogP contribution in [0.25, 0.3) is 0 Å². The van der Waals surface area contributed by atoms with Crippen LogP contribution in [0.3, 0.4) is 0 Å². The van der Waals surface area contributed by atoms with E-state index in [1.807, 2.05) is 0 Å². The number of aliphatic hydroxyl groups excluding tert-OH is 1. The number of phenols is 2. The van der Waals surface area contributed by atoms with Gasteiger partial charge in [0, 0.05) is 6.54 Å². The second kappa shape index (κ2) is 5.43. The molecule has 0 amide bonds. The van der Waals surface area contributed by atoms with Gasteiger partial charge in [-0.1, -0.05) is 6.07 Å². The van der Waals surface area contributed by atoms with Crippen molar-refractivity contribution in [3.8, 4) is 11.5 Å². The number of likely N-dealkylation sites (N-methyl/N-ethyl adjacent to an activating group) is 1. The molecule has 0 radical (unpaired) electrons. The summed E-state index contributed by atoms with van der Waals surface area (Å²) in [4.78, 5) is 0. The average Bonchev–Trinajstić information content (AvgIpc) is 2.10. The molecule has 1 aromatic carbocycles. The van der Waals surface area contributed by atoms with Gasteiger partial charge >= 0.3 is 0 Å². The van der Waals surface area contributed by atoms with Crippen molar-refractivity contribution >= 4 is 0 Å². The summed E-state index contributed by atoms with van der Waals surface area (Å²) in [7, 11) is 1.73. The summed E-state index contributed by atoms with van der Waals surface area (Å²) in [5.41, 5.74) is 0.574. The first kappa shape index (κ1) is 12.7. The molecule has 0 spiro atoms. The van der Waals surface area contributed by atoms with Gasteiger partial charge < -0.3 is 26.1 Å². The maximum Gasteiger partial charge on any atom is 0.157 e. The minimum atomic E-state index is -0.670. The Morgan fingerprint density at radius 3 is 2.43 bits per heavy atom. The minimum absolute atomic E-state index is 0. The molecular weight excluding hydrogens is 186 g/mol. The lowest BCUT2D eigenvalue weighted by atomic mass is 10.1. The summed E-state index contributed by atoms with van der Waals surface area (Å²) in [6, 6.07) is 4.26. The summed E-state index contributed by atoms with van der Waals surface area (Å²) in [5, 5.41) is 30.4. The van der Waals surface area contributed by atoms with Crippen LogP contribution in [0.4, 0.5) is 0 Å². The molecular formula is C9H15NO4. The fraction of sp³-hybridized carbons (Fsp3) is 0.333. The van der Waals surface area contributed by atoms with E-state index in [9.17, 15) is 5.11 Å². The average molecular weight is 201 g/mol. The monoisotopic (exact) mass is 201 g/mol. The molecule has 6 N–H and O–H groups in total. The molecule has 5 heteroatoms. The van der Waals surface area contributed by atoms with Gasteiger partial charge in [0.05, 0.1) is 6.10 Å². The predicted molar refractivity (Wildman–Crippen MR) is 52.3 cm³/mol. The number of aliphatic hydroxyl groups is 1. The normalized spacial score (nSPS) is 11.9. The Kier molecular flexibility index (Phi) is 4.93. The molecule has 14 heavy (non-hydrogen) atoms. The molecule has 0 unspecified atom stereocenters. The fourth-order valence-electron chi connectivity index (χ4n) is 1.06. The van der Waals surface area contributed by atoms with Crippen molar-refractivity contribution in [3.63, 3.8) is 0 Å². The Labute approximate surface area is 81.9 Å². The van der Waals surface area contributed by atoms with Crippen molar-refractivity contribution in [1.29, 1.82) is 0 Å². The van der Waals surface area contributed by atoms with Crippen LogP contribution >= 0.6 is 0 Å². The number of rotatable bonds is 3. The number of hydrogen-bond donors (Lipinski definition) is 4. The highest BCUT2D eigenvalue weighted by Gasteiger charge is 2.08. The van der Waals surface area contributed by atoms with Crippen LogP contribution in [0.5, 0.6) is 11.5 Å². The van der Waals surface area contributed by atoms with Gasteiger partial charge in [-0.3, -0.25) is 0 Å². The Bertz CT molecular complexity index is 290. The van der Waals surface area contributed by atoms with Gasteiger partial charge in [0.2, 0.25) is 0 Å². The van der Waals surface area contributed by atoms with E-state index in [1.54, 1.807) is 13.1 Å². The van der Waals surface area contributed by atoms with E-state index in [1.165, 1.54) is 12.1 Å². The summed E-state index contributed by atoms with van der Waals surface area (Å²) >= 11 is 0. The first-order valence-electron chi connectivity index (χ1n) is 3.99. The molecule has 0 aromatic heterocycles. The quantitative estimate of drug-likeness (QED) is 0.496. The molecule has 0 fully saturated rings. The zero-order valence-corrected chi connectivity index (χ0v) is 7.86. The van der Waals surface area contributed by atoms with Gasteiger partial charge in [-0.25, -0.2) is 0 Å². The van der Waals surface area contributed by atoms with Crippen LogP contribution < -0.4 is 5.32 Å². The van der Waals surface area contributed by atoms with Crippen molar-refractivity contribution in [2.24, 2.45) is 0 Å². The number of phenolic OH excluding ortho intramolecular Hbond substituents is 2. The van der Waals surface area contributed by atoms with Crippen molar-refractivity contribution in [2.75, 3.05) is 13.6 Å². The van der Waals surface area contributed by atoms with E-state index in [-0.39, 0.29) is 17.0 Å². The fourth-order valence-corrected chi connectivity index (χ4v) is 1.06. The highest BCUT2D eigenvalue weighted by atomic mass is 16.3. The van der Waals surface area contributed by atoms with E-state index < -0.39 is 6.10 Å². The Hall–Kier alpha value is -1.30. The van der Waals surface area contributed by atoms with Crippen molar-refractivity contribution < 1.29 is 20.8 Å². The molecule has 0 heterocycles.